The maximum absolute atomic E-state index is 14.3. The van der Waals surface area contributed by atoms with Crippen LogP contribution in [0.25, 0.3) is 65.3 Å². The highest BCUT2D eigenvalue weighted by Crippen LogP contribution is 2.50. The van der Waals surface area contributed by atoms with Gasteiger partial charge in [-0.1, -0.05) is 139 Å². The van der Waals surface area contributed by atoms with Crippen LogP contribution in [0.1, 0.15) is 40.9 Å². The molecule has 0 aromatic heterocycles. The largest absolute Gasteiger partial charge is 0.462 e. The Morgan fingerprint density at radius 1 is 0.500 bits per heavy atom. The molecule has 0 spiro atoms. The zero-order valence-corrected chi connectivity index (χ0v) is 32.3. The monoisotopic (exact) mass is 725 g/mol. The Labute approximate surface area is 328 Å². The summed E-state index contributed by atoms with van der Waals surface area (Å²) in [5.74, 6) is -0.321. The van der Waals surface area contributed by atoms with Crippen molar-refractivity contribution < 1.29 is 9.53 Å². The van der Waals surface area contributed by atoms with E-state index in [9.17, 15) is 4.79 Å². The molecule has 0 fully saturated rings. The van der Waals surface area contributed by atoms with Crippen molar-refractivity contribution in [3.8, 4) is 22.3 Å². The van der Waals surface area contributed by atoms with E-state index in [-0.39, 0.29) is 12.6 Å². The normalized spacial score (nSPS) is 11.4. The van der Waals surface area contributed by atoms with Crippen LogP contribution >= 0.6 is 0 Å². The second-order valence-corrected chi connectivity index (χ2v) is 14.6. The lowest BCUT2D eigenvalue weighted by molar-refractivity contribution is 0.0527. The summed E-state index contributed by atoms with van der Waals surface area (Å²) in [4.78, 5) is 16.7. The van der Waals surface area contributed by atoms with Gasteiger partial charge in [0, 0.05) is 22.1 Å². The van der Waals surface area contributed by atoms with Crippen LogP contribution in [0.4, 0.5) is 17.1 Å². The molecule has 0 saturated carbocycles. The predicted molar refractivity (Wildman–Crippen MR) is 237 cm³/mol. The smallest absolute Gasteiger partial charge is 0.338 e. The van der Waals surface area contributed by atoms with Crippen LogP contribution in [0.15, 0.2) is 164 Å². The molecule has 0 saturated heterocycles. The molecule has 0 radical (unpaired) electrons. The Kier molecular flexibility index (Phi) is 9.07. The number of anilines is 3. The first-order chi connectivity index (χ1) is 27.4. The standard InChI is InChI=1S/C53H43NO2/c1-5-36-32-48(50-41-17-9-7-15-37(41)31-38-16-8-10-18-42(38)50)49(53(55)56-6-2)33-47(36)51-43-19-11-13-21-45(43)52(46-22-14-12-20-44(46)51)54(39-27-23-34(3)24-28-39)40-29-25-35(4)26-30-40/h7-33H,5-6H2,1-4H3. The van der Waals surface area contributed by atoms with Gasteiger partial charge in [-0.05, 0) is 130 Å². The average molecular weight is 726 g/mol. The number of fused-ring (bicyclic) bond motifs is 4. The van der Waals surface area contributed by atoms with Gasteiger partial charge in [-0.2, -0.15) is 0 Å². The van der Waals surface area contributed by atoms with Crippen molar-refractivity contribution in [2.24, 2.45) is 0 Å². The minimum Gasteiger partial charge on any atom is -0.462 e. The van der Waals surface area contributed by atoms with E-state index in [1.54, 1.807) is 0 Å². The summed E-state index contributed by atoms with van der Waals surface area (Å²) >= 11 is 0. The van der Waals surface area contributed by atoms with E-state index in [1.165, 1.54) is 16.7 Å². The van der Waals surface area contributed by atoms with Crippen molar-refractivity contribution in [3.05, 3.63) is 186 Å². The number of rotatable bonds is 8. The first-order valence-electron chi connectivity index (χ1n) is 19.6. The molecule has 0 aliphatic carbocycles. The fraction of sp³-hybridized carbons (Fsp3) is 0.113. The molecule has 272 valence electrons. The Balaban J connectivity index is 1.38. The van der Waals surface area contributed by atoms with E-state index in [1.807, 2.05) is 6.92 Å². The molecule has 0 amide bonds. The topological polar surface area (TPSA) is 29.5 Å². The number of nitrogens with zero attached hydrogens (tertiary/aromatic N) is 1. The molecule has 0 atom stereocenters. The van der Waals surface area contributed by atoms with Crippen molar-refractivity contribution in [2.75, 3.05) is 11.5 Å². The van der Waals surface area contributed by atoms with Crippen molar-refractivity contribution >= 4 is 66.1 Å². The highest BCUT2D eigenvalue weighted by molar-refractivity contribution is 6.23. The van der Waals surface area contributed by atoms with Crippen LogP contribution in [0, 0.1) is 13.8 Å². The summed E-state index contributed by atoms with van der Waals surface area (Å²) in [7, 11) is 0. The van der Waals surface area contributed by atoms with Gasteiger partial charge in [-0.15, -0.1) is 0 Å². The first-order valence-corrected chi connectivity index (χ1v) is 19.6. The third-order valence-electron chi connectivity index (χ3n) is 11.1. The van der Waals surface area contributed by atoms with Gasteiger partial charge in [-0.3, -0.25) is 0 Å². The summed E-state index contributed by atoms with van der Waals surface area (Å²) in [6, 6.07) is 58.6. The van der Waals surface area contributed by atoms with Crippen LogP contribution in [-0.2, 0) is 11.2 Å². The number of carbonyl (C=O) groups is 1. The van der Waals surface area contributed by atoms with Crippen LogP contribution in [0.3, 0.4) is 0 Å². The lowest BCUT2D eigenvalue weighted by Crippen LogP contribution is -2.12. The third-order valence-corrected chi connectivity index (χ3v) is 11.1. The van der Waals surface area contributed by atoms with Gasteiger partial charge in [0.25, 0.3) is 0 Å². The minimum absolute atomic E-state index is 0.286. The van der Waals surface area contributed by atoms with E-state index >= 15 is 0 Å². The second kappa shape index (κ2) is 14.5. The Hall–Kier alpha value is -6.71. The summed E-state index contributed by atoms with van der Waals surface area (Å²) in [5, 5.41) is 9.00. The molecule has 0 N–H and O–H groups in total. The summed E-state index contributed by atoms with van der Waals surface area (Å²) in [6.45, 7) is 8.63. The first kappa shape index (κ1) is 35.0. The predicted octanol–water partition coefficient (Wildman–Crippen LogP) is 14.5. The van der Waals surface area contributed by atoms with Crippen LogP contribution in [-0.4, -0.2) is 12.6 Å². The molecule has 3 nitrogen and oxygen atoms in total. The molecule has 3 heteroatoms. The van der Waals surface area contributed by atoms with Gasteiger partial charge in [0.15, 0.2) is 0 Å². The number of ether oxygens (including phenoxy) is 1. The van der Waals surface area contributed by atoms with Gasteiger partial charge in [0.05, 0.1) is 17.9 Å². The molecule has 0 unspecified atom stereocenters. The Morgan fingerprint density at radius 3 is 1.43 bits per heavy atom. The fourth-order valence-electron chi connectivity index (χ4n) is 8.49. The maximum atomic E-state index is 14.3. The molecular formula is C53H43NO2. The highest BCUT2D eigenvalue weighted by Gasteiger charge is 2.26. The van der Waals surface area contributed by atoms with E-state index in [0.29, 0.717) is 5.56 Å². The van der Waals surface area contributed by atoms with E-state index in [2.05, 4.69) is 189 Å². The molecule has 0 aliphatic rings. The Bertz CT molecular complexity index is 2790. The van der Waals surface area contributed by atoms with Crippen molar-refractivity contribution in [3.63, 3.8) is 0 Å². The molecule has 9 rings (SSSR count). The minimum atomic E-state index is -0.321. The van der Waals surface area contributed by atoms with Crippen molar-refractivity contribution in [1.29, 1.82) is 0 Å². The van der Waals surface area contributed by atoms with Crippen LogP contribution in [0.5, 0.6) is 0 Å². The Morgan fingerprint density at radius 2 is 0.946 bits per heavy atom. The van der Waals surface area contributed by atoms with Crippen molar-refractivity contribution in [2.45, 2.75) is 34.1 Å². The molecule has 9 aromatic carbocycles. The number of aryl methyl sites for hydroxylation is 3. The van der Waals surface area contributed by atoms with Crippen LogP contribution in [0.2, 0.25) is 0 Å². The average Bonchev–Trinajstić information content (AvgIpc) is 3.23. The maximum Gasteiger partial charge on any atom is 0.338 e. The zero-order chi connectivity index (χ0) is 38.3. The van der Waals surface area contributed by atoms with E-state index in [4.69, 9.17) is 4.74 Å². The third kappa shape index (κ3) is 5.97. The van der Waals surface area contributed by atoms with Gasteiger partial charge in [0.1, 0.15) is 0 Å². The number of hydrogen-bond acceptors (Lipinski definition) is 3. The SMILES string of the molecule is CCOC(=O)c1cc(-c2c3ccccc3c(N(c3ccc(C)cc3)c3ccc(C)cc3)c3ccccc23)c(CC)cc1-c1c2ccccc2cc2ccccc12. The van der Waals surface area contributed by atoms with Gasteiger partial charge >= 0.3 is 5.97 Å². The molecule has 56 heavy (non-hydrogen) atoms. The summed E-state index contributed by atoms with van der Waals surface area (Å²) in [6.07, 6.45) is 0.775. The molecule has 0 aliphatic heterocycles. The van der Waals surface area contributed by atoms with Gasteiger partial charge in [0.2, 0.25) is 0 Å². The van der Waals surface area contributed by atoms with Gasteiger partial charge < -0.3 is 9.64 Å². The number of carbonyl (C=O) groups excluding carboxylic acids is 1. The van der Waals surface area contributed by atoms with E-state index in [0.717, 1.165) is 88.8 Å². The van der Waals surface area contributed by atoms with E-state index < -0.39 is 0 Å². The molecule has 9 aromatic rings. The lowest BCUT2D eigenvalue weighted by atomic mass is 9.83. The lowest BCUT2D eigenvalue weighted by Gasteiger charge is -2.30. The fourth-order valence-corrected chi connectivity index (χ4v) is 8.49. The second-order valence-electron chi connectivity index (χ2n) is 14.6. The number of esters is 1. The van der Waals surface area contributed by atoms with Crippen molar-refractivity contribution in [1.82, 2.24) is 0 Å². The highest BCUT2D eigenvalue weighted by atomic mass is 16.5. The molecule has 0 heterocycles. The zero-order valence-electron chi connectivity index (χ0n) is 32.3. The summed E-state index contributed by atoms with van der Waals surface area (Å²) < 4.78 is 5.87. The molecule has 0 bridgehead atoms. The van der Waals surface area contributed by atoms with Gasteiger partial charge in [-0.25, -0.2) is 4.79 Å². The summed E-state index contributed by atoms with van der Waals surface area (Å²) in [5.41, 5.74) is 11.6. The number of benzene rings is 9. The quantitative estimate of drug-likeness (QED) is 0.115. The molecular weight excluding hydrogens is 683 g/mol. The number of hydrogen-bond donors (Lipinski definition) is 0. The van der Waals surface area contributed by atoms with Crippen LogP contribution < -0.4 is 4.90 Å².